The molecule has 8 nitrogen and oxygen atoms in total. The van der Waals surface area contributed by atoms with E-state index in [0.29, 0.717) is 11.8 Å². The number of likely N-dealkylation sites (tertiary alicyclic amines) is 2. The van der Waals surface area contributed by atoms with Crippen LogP contribution in [0.1, 0.15) is 69.4 Å². The summed E-state index contributed by atoms with van der Waals surface area (Å²) in [6.45, 7) is 5.29. The van der Waals surface area contributed by atoms with Gasteiger partial charge in [-0.1, -0.05) is 68.7 Å². The van der Waals surface area contributed by atoms with Gasteiger partial charge < -0.3 is 14.4 Å². The molecule has 240 valence electrons. The maximum atomic E-state index is 14.2. The van der Waals surface area contributed by atoms with E-state index in [2.05, 4.69) is 69.0 Å². The van der Waals surface area contributed by atoms with Gasteiger partial charge in [0.25, 0.3) is 0 Å². The summed E-state index contributed by atoms with van der Waals surface area (Å²) in [6, 6.07) is 20.4. The van der Waals surface area contributed by atoms with E-state index in [9.17, 15) is 4.79 Å². The van der Waals surface area contributed by atoms with E-state index < -0.39 is 0 Å². The van der Waals surface area contributed by atoms with Crippen molar-refractivity contribution in [2.45, 2.75) is 82.6 Å². The molecule has 2 saturated heterocycles. The minimum atomic E-state index is -0.265. The third-order valence-corrected chi connectivity index (χ3v) is 10.6. The third kappa shape index (κ3) is 6.59. The van der Waals surface area contributed by atoms with Gasteiger partial charge in [0.2, 0.25) is 5.95 Å². The minimum Gasteiger partial charge on any atom is -0.497 e. The number of hydrogen-bond acceptors (Lipinski definition) is 8. The average Bonchev–Trinajstić information content (AvgIpc) is 3.45. The fraction of sp³-hybridized carbons (Fsp3) is 0.541. The molecule has 4 atom stereocenters. The summed E-state index contributed by atoms with van der Waals surface area (Å²) >= 11 is 0. The molecule has 2 aromatic carbocycles. The van der Waals surface area contributed by atoms with Gasteiger partial charge in [0.15, 0.2) is 0 Å². The van der Waals surface area contributed by atoms with Gasteiger partial charge in [0, 0.05) is 39.1 Å². The number of nitrogens with zero attached hydrogens (tertiary/aromatic N) is 5. The van der Waals surface area contributed by atoms with Crippen LogP contribution in [0.3, 0.4) is 0 Å². The lowest BCUT2D eigenvalue weighted by molar-refractivity contribution is -0.154. The fourth-order valence-electron chi connectivity index (χ4n) is 8.33. The SMILES string of the molecule is COc1ccc(COC(=O)[C@@H](C2CCCCC2)N2C[C@H](C)[C@@](c3ccccc3)(N3CCCCC3N(C)c3ncccn3)C2)cc1. The first-order chi connectivity index (χ1) is 22.0. The van der Waals surface area contributed by atoms with Gasteiger partial charge in [-0.05, 0) is 73.3 Å². The summed E-state index contributed by atoms with van der Waals surface area (Å²) in [4.78, 5) is 30.9. The molecule has 1 saturated carbocycles. The molecule has 45 heavy (non-hydrogen) atoms. The van der Waals surface area contributed by atoms with Gasteiger partial charge in [-0.2, -0.15) is 0 Å². The van der Waals surface area contributed by atoms with Crippen LogP contribution in [0.5, 0.6) is 5.75 Å². The highest BCUT2D eigenvalue weighted by molar-refractivity contribution is 5.76. The number of anilines is 1. The van der Waals surface area contributed by atoms with Crippen molar-refractivity contribution in [2.24, 2.45) is 11.8 Å². The molecule has 6 rings (SSSR count). The Labute approximate surface area is 268 Å². The lowest BCUT2D eigenvalue weighted by Crippen LogP contribution is -2.62. The van der Waals surface area contributed by atoms with Crippen LogP contribution in [-0.4, -0.2) is 71.7 Å². The minimum absolute atomic E-state index is 0.0845. The second-order valence-corrected chi connectivity index (χ2v) is 13.2. The quantitative estimate of drug-likeness (QED) is 0.249. The van der Waals surface area contributed by atoms with Gasteiger partial charge in [-0.15, -0.1) is 0 Å². The number of methoxy groups -OCH3 is 1. The Balaban J connectivity index is 1.32. The summed E-state index contributed by atoms with van der Waals surface area (Å²) in [5.41, 5.74) is 2.03. The standard InChI is InChI=1S/C37H49N5O3/c1-28-25-41(34(30-13-6-4-7-14-30)35(43)45-26-29-18-20-32(44-3)21-19-29)27-37(28,31-15-8-5-9-16-31)42-24-11-10-17-33(42)40(2)36-38-22-12-23-39-36/h5,8-9,12,15-16,18-23,28,30,33-34H,4,6-7,10-11,13-14,17,24-27H2,1-3H3/t28-,33?,34+,37-/m0/s1. The van der Waals surface area contributed by atoms with Crippen LogP contribution in [0, 0.1) is 11.8 Å². The molecule has 3 aliphatic rings. The lowest BCUT2D eigenvalue weighted by Gasteiger charge is -2.53. The Kier molecular flexibility index (Phi) is 10.0. The molecule has 8 heteroatoms. The van der Waals surface area contributed by atoms with E-state index in [-0.39, 0.29) is 30.3 Å². The molecule has 2 aliphatic heterocycles. The number of hydrogen-bond donors (Lipinski definition) is 0. The summed E-state index contributed by atoms with van der Waals surface area (Å²) in [5.74, 6) is 2.07. The van der Waals surface area contributed by atoms with Crippen molar-refractivity contribution >= 4 is 11.9 Å². The monoisotopic (exact) mass is 611 g/mol. The highest BCUT2D eigenvalue weighted by Crippen LogP contribution is 2.47. The normalized spacial score (nSPS) is 25.5. The zero-order valence-corrected chi connectivity index (χ0v) is 27.2. The third-order valence-electron chi connectivity index (χ3n) is 10.6. The number of benzene rings is 2. The smallest absolute Gasteiger partial charge is 0.323 e. The Bertz CT molecular complexity index is 1370. The van der Waals surface area contributed by atoms with Crippen molar-refractivity contribution in [3.63, 3.8) is 0 Å². The molecular weight excluding hydrogens is 562 g/mol. The van der Waals surface area contributed by atoms with Crippen molar-refractivity contribution in [3.8, 4) is 5.75 Å². The number of esters is 1. The molecule has 3 fully saturated rings. The van der Waals surface area contributed by atoms with Crippen LogP contribution >= 0.6 is 0 Å². The molecule has 0 radical (unpaired) electrons. The number of carbonyl (C=O) groups is 1. The molecule has 3 heterocycles. The van der Waals surface area contributed by atoms with Gasteiger partial charge in [-0.25, -0.2) is 9.97 Å². The maximum absolute atomic E-state index is 14.2. The van der Waals surface area contributed by atoms with Crippen LogP contribution in [0.25, 0.3) is 0 Å². The van der Waals surface area contributed by atoms with Gasteiger partial charge in [0.05, 0.1) is 18.8 Å². The van der Waals surface area contributed by atoms with E-state index in [1.165, 1.54) is 31.2 Å². The summed E-state index contributed by atoms with van der Waals surface area (Å²) < 4.78 is 11.5. The van der Waals surface area contributed by atoms with Crippen molar-refractivity contribution < 1.29 is 14.3 Å². The summed E-state index contributed by atoms with van der Waals surface area (Å²) in [6.07, 6.45) is 12.9. The maximum Gasteiger partial charge on any atom is 0.323 e. The van der Waals surface area contributed by atoms with Crippen molar-refractivity contribution in [3.05, 3.63) is 84.2 Å². The number of ether oxygens (including phenoxy) is 2. The lowest BCUT2D eigenvalue weighted by atomic mass is 9.78. The first-order valence-corrected chi connectivity index (χ1v) is 16.9. The van der Waals surface area contributed by atoms with Gasteiger partial charge in [0.1, 0.15) is 18.4 Å². The van der Waals surface area contributed by atoms with Crippen LogP contribution in [0.2, 0.25) is 0 Å². The number of carbonyl (C=O) groups excluding carboxylic acids is 1. The van der Waals surface area contributed by atoms with Gasteiger partial charge in [-0.3, -0.25) is 14.6 Å². The molecule has 0 amide bonds. The first-order valence-electron chi connectivity index (χ1n) is 16.9. The van der Waals surface area contributed by atoms with Crippen molar-refractivity contribution in [1.29, 1.82) is 0 Å². The summed E-state index contributed by atoms with van der Waals surface area (Å²) in [7, 11) is 3.80. The van der Waals surface area contributed by atoms with Crippen molar-refractivity contribution in [2.75, 3.05) is 38.7 Å². The Morgan fingerprint density at radius 2 is 1.67 bits per heavy atom. The number of rotatable bonds is 10. The predicted octanol–water partition coefficient (Wildman–Crippen LogP) is 6.27. The molecule has 0 bridgehead atoms. The van der Waals surface area contributed by atoms with Crippen LogP contribution in [0.4, 0.5) is 5.95 Å². The summed E-state index contributed by atoms with van der Waals surface area (Å²) in [5, 5.41) is 0. The Morgan fingerprint density at radius 1 is 0.956 bits per heavy atom. The molecule has 0 N–H and O–H groups in total. The highest BCUT2D eigenvalue weighted by Gasteiger charge is 2.55. The Morgan fingerprint density at radius 3 is 2.38 bits per heavy atom. The predicted molar refractivity (Wildman–Crippen MR) is 177 cm³/mol. The largest absolute Gasteiger partial charge is 0.497 e. The topological polar surface area (TPSA) is 71.0 Å². The van der Waals surface area contributed by atoms with Crippen LogP contribution in [-0.2, 0) is 21.7 Å². The van der Waals surface area contributed by atoms with E-state index in [4.69, 9.17) is 9.47 Å². The number of piperidine rings is 1. The molecule has 1 aliphatic carbocycles. The first kappa shape index (κ1) is 31.5. The molecular formula is C37H49N5O3. The zero-order valence-electron chi connectivity index (χ0n) is 27.2. The van der Waals surface area contributed by atoms with Crippen LogP contribution in [0.15, 0.2) is 73.1 Å². The van der Waals surface area contributed by atoms with Crippen molar-refractivity contribution in [1.82, 2.24) is 19.8 Å². The average molecular weight is 612 g/mol. The molecule has 0 spiro atoms. The van der Waals surface area contributed by atoms with E-state index in [1.54, 1.807) is 7.11 Å². The van der Waals surface area contributed by atoms with E-state index >= 15 is 0 Å². The van der Waals surface area contributed by atoms with Crippen LogP contribution < -0.4 is 9.64 Å². The van der Waals surface area contributed by atoms with E-state index in [1.807, 2.05) is 42.7 Å². The fourth-order valence-corrected chi connectivity index (χ4v) is 8.33. The number of aromatic nitrogens is 2. The molecule has 1 aromatic heterocycles. The zero-order chi connectivity index (χ0) is 31.2. The highest BCUT2D eigenvalue weighted by atomic mass is 16.5. The second kappa shape index (κ2) is 14.3. The molecule has 1 unspecified atom stereocenters. The molecule has 3 aromatic rings. The van der Waals surface area contributed by atoms with E-state index in [0.717, 1.165) is 62.6 Å². The second-order valence-electron chi connectivity index (χ2n) is 13.2. The Hall–Kier alpha value is -3.49. The van der Waals surface area contributed by atoms with Gasteiger partial charge >= 0.3 is 5.97 Å².